The number of hydrogen-bond acceptors (Lipinski definition) is 3. The summed E-state index contributed by atoms with van der Waals surface area (Å²) in [5, 5.41) is 12.2. The molecule has 3 nitrogen and oxygen atoms in total. The van der Waals surface area contributed by atoms with Crippen LogP contribution in [0.1, 0.15) is 40.0 Å². The Labute approximate surface area is 126 Å². The average Bonchev–Trinajstić information content (AvgIpc) is 2.37. The first kappa shape index (κ1) is 16.9. The van der Waals surface area contributed by atoms with E-state index in [0.29, 0.717) is 5.75 Å². The first-order valence-electron chi connectivity index (χ1n) is 7.18. The highest BCUT2D eigenvalue weighted by atomic mass is 32.2. The number of phenols is 1. The fourth-order valence-electron chi connectivity index (χ4n) is 1.91. The van der Waals surface area contributed by atoms with Gasteiger partial charge in [0.15, 0.2) is 0 Å². The molecule has 0 aliphatic rings. The molecular weight excluding hydrogens is 270 g/mol. The molecule has 0 heterocycles. The second-order valence-electron chi connectivity index (χ2n) is 5.58. The van der Waals surface area contributed by atoms with Gasteiger partial charge in [-0.3, -0.25) is 4.79 Å². The van der Waals surface area contributed by atoms with Gasteiger partial charge in [0.25, 0.3) is 0 Å². The van der Waals surface area contributed by atoms with Crippen LogP contribution >= 0.6 is 11.8 Å². The van der Waals surface area contributed by atoms with Gasteiger partial charge in [0.2, 0.25) is 5.91 Å². The van der Waals surface area contributed by atoms with Gasteiger partial charge in [-0.1, -0.05) is 26.7 Å². The zero-order valence-electron chi connectivity index (χ0n) is 12.6. The minimum Gasteiger partial charge on any atom is -0.508 e. The van der Waals surface area contributed by atoms with E-state index in [9.17, 15) is 9.90 Å². The molecule has 0 bridgehead atoms. The van der Waals surface area contributed by atoms with Crippen LogP contribution in [0.5, 0.6) is 5.75 Å². The van der Waals surface area contributed by atoms with Crippen LogP contribution in [0.4, 0.5) is 0 Å². The predicted molar refractivity (Wildman–Crippen MR) is 85.1 cm³/mol. The average molecular weight is 295 g/mol. The Bertz CT molecular complexity index is 403. The van der Waals surface area contributed by atoms with Crippen LogP contribution in [0.3, 0.4) is 0 Å². The number of benzene rings is 1. The Morgan fingerprint density at radius 2 is 1.85 bits per heavy atom. The maximum absolute atomic E-state index is 11.8. The minimum atomic E-state index is 0.0696. The molecule has 0 saturated carbocycles. The van der Waals surface area contributed by atoms with Crippen molar-refractivity contribution in [2.45, 2.75) is 51.0 Å². The highest BCUT2D eigenvalue weighted by molar-refractivity contribution is 8.00. The van der Waals surface area contributed by atoms with Crippen LogP contribution in [0, 0.1) is 5.92 Å². The highest BCUT2D eigenvalue weighted by Gasteiger charge is 2.08. The summed E-state index contributed by atoms with van der Waals surface area (Å²) in [6.45, 7) is 6.50. The highest BCUT2D eigenvalue weighted by Crippen LogP contribution is 2.20. The summed E-state index contributed by atoms with van der Waals surface area (Å²) >= 11 is 1.48. The third kappa shape index (κ3) is 7.43. The zero-order chi connectivity index (χ0) is 15.0. The Hall–Kier alpha value is -1.16. The molecule has 2 N–H and O–H groups in total. The van der Waals surface area contributed by atoms with Crippen molar-refractivity contribution < 1.29 is 9.90 Å². The fraction of sp³-hybridized carbons (Fsp3) is 0.562. The van der Waals surface area contributed by atoms with Crippen molar-refractivity contribution in [1.82, 2.24) is 5.32 Å². The van der Waals surface area contributed by atoms with Crippen molar-refractivity contribution in [3.8, 4) is 5.75 Å². The Balaban J connectivity index is 2.20. The summed E-state index contributed by atoms with van der Waals surface area (Å²) in [6.07, 6.45) is 3.40. The number of rotatable bonds is 8. The van der Waals surface area contributed by atoms with Crippen LogP contribution in [0.15, 0.2) is 29.2 Å². The van der Waals surface area contributed by atoms with Crippen LogP contribution in [-0.4, -0.2) is 22.8 Å². The van der Waals surface area contributed by atoms with Crippen LogP contribution in [0.25, 0.3) is 0 Å². The molecule has 4 heteroatoms. The van der Waals surface area contributed by atoms with E-state index in [1.165, 1.54) is 18.2 Å². The van der Waals surface area contributed by atoms with Crippen molar-refractivity contribution in [2.24, 2.45) is 5.92 Å². The van der Waals surface area contributed by atoms with Crippen molar-refractivity contribution in [2.75, 3.05) is 5.75 Å². The minimum absolute atomic E-state index is 0.0696. The van der Waals surface area contributed by atoms with Gasteiger partial charge in [0.1, 0.15) is 5.75 Å². The molecule has 1 aromatic rings. The van der Waals surface area contributed by atoms with Crippen molar-refractivity contribution in [3.05, 3.63) is 24.3 Å². The lowest BCUT2D eigenvalue weighted by Gasteiger charge is -2.14. The Morgan fingerprint density at radius 3 is 2.45 bits per heavy atom. The second-order valence-corrected chi connectivity index (χ2v) is 6.62. The van der Waals surface area contributed by atoms with Gasteiger partial charge in [0.05, 0.1) is 5.75 Å². The largest absolute Gasteiger partial charge is 0.508 e. The number of carbonyl (C=O) groups is 1. The smallest absolute Gasteiger partial charge is 0.230 e. The van der Waals surface area contributed by atoms with Gasteiger partial charge >= 0.3 is 0 Å². The summed E-state index contributed by atoms with van der Waals surface area (Å²) in [4.78, 5) is 12.8. The SMILES string of the molecule is CC(C)CCCC(C)NC(=O)CSc1ccc(O)cc1. The molecular formula is C16H25NO2S. The van der Waals surface area contributed by atoms with Crippen molar-refractivity contribution >= 4 is 17.7 Å². The van der Waals surface area contributed by atoms with Gasteiger partial charge in [-0.25, -0.2) is 0 Å². The van der Waals surface area contributed by atoms with Crippen LogP contribution in [0.2, 0.25) is 0 Å². The van der Waals surface area contributed by atoms with E-state index in [0.717, 1.165) is 23.7 Å². The van der Waals surface area contributed by atoms with E-state index in [-0.39, 0.29) is 17.7 Å². The maximum Gasteiger partial charge on any atom is 0.230 e. The lowest BCUT2D eigenvalue weighted by atomic mass is 10.0. The Morgan fingerprint density at radius 1 is 1.20 bits per heavy atom. The third-order valence-electron chi connectivity index (χ3n) is 3.03. The molecule has 0 aromatic heterocycles. The fourth-order valence-corrected chi connectivity index (χ4v) is 2.62. The van der Waals surface area contributed by atoms with E-state index < -0.39 is 0 Å². The summed E-state index contributed by atoms with van der Waals surface area (Å²) in [6, 6.07) is 7.14. The number of hydrogen-bond donors (Lipinski definition) is 2. The summed E-state index contributed by atoms with van der Waals surface area (Å²) < 4.78 is 0. The van der Waals surface area contributed by atoms with E-state index in [1.807, 2.05) is 12.1 Å². The number of nitrogens with one attached hydrogen (secondary N) is 1. The second kappa shape index (κ2) is 8.90. The topological polar surface area (TPSA) is 49.3 Å². The molecule has 0 spiro atoms. The molecule has 0 aliphatic heterocycles. The Kier molecular flexibility index (Phi) is 7.52. The normalized spacial score (nSPS) is 12.4. The first-order valence-corrected chi connectivity index (χ1v) is 8.17. The lowest BCUT2D eigenvalue weighted by Crippen LogP contribution is -2.33. The number of thioether (sulfide) groups is 1. The van der Waals surface area contributed by atoms with Gasteiger partial charge < -0.3 is 10.4 Å². The maximum atomic E-state index is 11.8. The molecule has 0 saturated heterocycles. The van der Waals surface area contributed by atoms with Crippen molar-refractivity contribution in [1.29, 1.82) is 0 Å². The van der Waals surface area contributed by atoms with E-state index in [1.54, 1.807) is 12.1 Å². The van der Waals surface area contributed by atoms with E-state index in [2.05, 4.69) is 26.1 Å². The lowest BCUT2D eigenvalue weighted by molar-refractivity contribution is -0.119. The number of phenolic OH excluding ortho intramolecular Hbond substituents is 1. The van der Waals surface area contributed by atoms with Crippen molar-refractivity contribution in [3.63, 3.8) is 0 Å². The first-order chi connectivity index (χ1) is 9.47. The molecule has 1 aromatic carbocycles. The quantitative estimate of drug-likeness (QED) is 0.717. The summed E-state index contributed by atoms with van der Waals surface area (Å²) in [5.41, 5.74) is 0. The standard InChI is InChI=1S/C16H25NO2S/c1-12(2)5-4-6-13(3)17-16(19)11-20-15-9-7-14(18)8-10-15/h7-10,12-13,18H,4-6,11H2,1-3H3,(H,17,19). The third-order valence-corrected chi connectivity index (χ3v) is 4.04. The molecule has 1 amide bonds. The molecule has 0 radical (unpaired) electrons. The zero-order valence-corrected chi connectivity index (χ0v) is 13.4. The van der Waals surface area contributed by atoms with Gasteiger partial charge in [-0.05, 0) is 43.5 Å². The molecule has 20 heavy (non-hydrogen) atoms. The van der Waals surface area contributed by atoms with Gasteiger partial charge in [0, 0.05) is 10.9 Å². The molecule has 112 valence electrons. The molecule has 0 fully saturated rings. The molecule has 1 unspecified atom stereocenters. The molecule has 0 aliphatic carbocycles. The number of aromatic hydroxyl groups is 1. The van der Waals surface area contributed by atoms with E-state index >= 15 is 0 Å². The van der Waals surface area contributed by atoms with Crippen LogP contribution in [-0.2, 0) is 4.79 Å². The predicted octanol–water partition coefficient (Wildman–Crippen LogP) is 3.82. The molecule has 1 rings (SSSR count). The number of carbonyl (C=O) groups excluding carboxylic acids is 1. The summed E-state index contributed by atoms with van der Waals surface area (Å²) in [5.74, 6) is 1.46. The van der Waals surface area contributed by atoms with Gasteiger partial charge in [-0.15, -0.1) is 11.8 Å². The van der Waals surface area contributed by atoms with Crippen LogP contribution < -0.4 is 5.32 Å². The van der Waals surface area contributed by atoms with E-state index in [4.69, 9.17) is 0 Å². The number of amides is 1. The summed E-state index contributed by atoms with van der Waals surface area (Å²) in [7, 11) is 0. The monoisotopic (exact) mass is 295 g/mol. The van der Waals surface area contributed by atoms with Gasteiger partial charge in [-0.2, -0.15) is 0 Å². The molecule has 1 atom stereocenters.